The Kier molecular flexibility index (Phi) is 10.1. The third-order valence-corrected chi connectivity index (χ3v) is 4.06. The van der Waals surface area contributed by atoms with Crippen LogP contribution in [0.3, 0.4) is 0 Å². The molecule has 0 spiro atoms. The van der Waals surface area contributed by atoms with Crippen LogP contribution in [-0.2, 0) is 0 Å². The van der Waals surface area contributed by atoms with Gasteiger partial charge < -0.3 is 19.9 Å². The van der Waals surface area contributed by atoms with E-state index < -0.39 is 0 Å². The van der Waals surface area contributed by atoms with Crippen molar-refractivity contribution in [3.8, 4) is 5.75 Å². The molecule has 24 heavy (non-hydrogen) atoms. The minimum absolute atomic E-state index is 0. The number of nitrogens with zero attached hydrogens (tertiary/aromatic N) is 3. The van der Waals surface area contributed by atoms with Crippen LogP contribution in [0.4, 0.5) is 0 Å². The monoisotopic (exact) mass is 446 g/mol. The Hall–Kier alpha value is -1.02. The molecule has 1 saturated heterocycles. The second kappa shape index (κ2) is 11.5. The maximum Gasteiger partial charge on any atom is 0.193 e. The predicted octanol–water partition coefficient (Wildman–Crippen LogP) is 2.67. The highest BCUT2D eigenvalue weighted by molar-refractivity contribution is 14.0. The number of guanidine groups is 1. The zero-order valence-electron chi connectivity index (χ0n) is 15.1. The fourth-order valence-electron chi connectivity index (χ4n) is 2.80. The standard InChI is InChI=1S/C18H30N4O.HI/c1-19-18(20-12-7-13-21(2)3)22-14-10-17(11-15-22)23-16-8-5-4-6-9-16;/h4-6,8-9,17H,7,10-15H2,1-3H3,(H,19,20);1H. The molecular formula is C18H31IN4O. The van der Waals surface area contributed by atoms with Crippen molar-refractivity contribution in [2.45, 2.75) is 25.4 Å². The number of aliphatic imine (C=N–C) groups is 1. The summed E-state index contributed by atoms with van der Waals surface area (Å²) in [7, 11) is 6.07. The van der Waals surface area contributed by atoms with E-state index in [0.29, 0.717) is 6.10 Å². The van der Waals surface area contributed by atoms with Crippen molar-refractivity contribution in [2.75, 3.05) is 47.3 Å². The SMILES string of the molecule is CN=C(NCCCN(C)C)N1CCC(Oc2ccccc2)CC1.I. The number of nitrogens with one attached hydrogen (secondary N) is 1. The molecule has 0 amide bonds. The Morgan fingerprint density at radius 1 is 1.25 bits per heavy atom. The highest BCUT2D eigenvalue weighted by Crippen LogP contribution is 2.18. The highest BCUT2D eigenvalue weighted by Gasteiger charge is 2.22. The van der Waals surface area contributed by atoms with Gasteiger partial charge in [-0.3, -0.25) is 4.99 Å². The Balaban J connectivity index is 0.00000288. The fraction of sp³-hybridized carbons (Fsp3) is 0.611. The van der Waals surface area contributed by atoms with Crippen molar-refractivity contribution >= 4 is 29.9 Å². The van der Waals surface area contributed by atoms with Gasteiger partial charge in [0.1, 0.15) is 11.9 Å². The van der Waals surface area contributed by atoms with Gasteiger partial charge in [-0.2, -0.15) is 0 Å². The van der Waals surface area contributed by atoms with Crippen molar-refractivity contribution in [1.29, 1.82) is 0 Å². The normalized spacial score (nSPS) is 16.0. The average Bonchev–Trinajstić information content (AvgIpc) is 2.57. The summed E-state index contributed by atoms with van der Waals surface area (Å²) in [6.45, 7) is 4.04. The molecule has 2 rings (SSSR count). The lowest BCUT2D eigenvalue weighted by molar-refractivity contribution is 0.129. The number of rotatable bonds is 6. The molecule has 5 nitrogen and oxygen atoms in total. The van der Waals surface area contributed by atoms with E-state index in [0.717, 1.165) is 57.2 Å². The molecule has 1 aliphatic heterocycles. The van der Waals surface area contributed by atoms with E-state index in [4.69, 9.17) is 4.74 Å². The molecule has 0 bridgehead atoms. The second-order valence-corrected chi connectivity index (χ2v) is 6.25. The summed E-state index contributed by atoms with van der Waals surface area (Å²) in [4.78, 5) is 8.95. The molecule has 1 fully saturated rings. The van der Waals surface area contributed by atoms with Crippen molar-refractivity contribution in [3.05, 3.63) is 30.3 Å². The molecule has 1 heterocycles. The number of halogens is 1. The highest BCUT2D eigenvalue weighted by atomic mass is 127. The Morgan fingerprint density at radius 3 is 2.50 bits per heavy atom. The number of hydrogen-bond acceptors (Lipinski definition) is 3. The lowest BCUT2D eigenvalue weighted by atomic mass is 10.1. The molecule has 1 aromatic rings. The van der Waals surface area contributed by atoms with Crippen LogP contribution in [0.25, 0.3) is 0 Å². The van der Waals surface area contributed by atoms with Gasteiger partial charge in [-0.15, -0.1) is 24.0 Å². The van der Waals surface area contributed by atoms with Crippen LogP contribution in [0.15, 0.2) is 35.3 Å². The molecule has 1 aromatic carbocycles. The molecule has 0 aromatic heterocycles. The summed E-state index contributed by atoms with van der Waals surface area (Å²) >= 11 is 0. The maximum atomic E-state index is 6.05. The first-order chi connectivity index (χ1) is 11.2. The average molecular weight is 446 g/mol. The van der Waals surface area contributed by atoms with Gasteiger partial charge >= 0.3 is 0 Å². The summed E-state index contributed by atoms with van der Waals surface area (Å²) in [5, 5.41) is 3.47. The van der Waals surface area contributed by atoms with Crippen LogP contribution >= 0.6 is 24.0 Å². The minimum atomic E-state index is 0. The van der Waals surface area contributed by atoms with E-state index in [2.05, 4.69) is 34.2 Å². The first kappa shape index (κ1) is 21.0. The quantitative estimate of drug-likeness (QED) is 0.316. The Morgan fingerprint density at radius 2 is 1.92 bits per heavy atom. The molecule has 136 valence electrons. The van der Waals surface area contributed by atoms with Crippen molar-refractivity contribution < 1.29 is 4.74 Å². The van der Waals surface area contributed by atoms with Gasteiger partial charge in [0.25, 0.3) is 0 Å². The van der Waals surface area contributed by atoms with Crippen molar-refractivity contribution in [3.63, 3.8) is 0 Å². The third-order valence-electron chi connectivity index (χ3n) is 4.06. The lowest BCUT2D eigenvalue weighted by Crippen LogP contribution is -2.47. The number of piperidine rings is 1. The molecular weight excluding hydrogens is 415 g/mol. The smallest absolute Gasteiger partial charge is 0.193 e. The van der Waals surface area contributed by atoms with E-state index >= 15 is 0 Å². The fourth-order valence-corrected chi connectivity index (χ4v) is 2.80. The van der Waals surface area contributed by atoms with Gasteiger partial charge in [-0.25, -0.2) is 0 Å². The first-order valence-corrected chi connectivity index (χ1v) is 8.51. The van der Waals surface area contributed by atoms with E-state index in [-0.39, 0.29) is 24.0 Å². The zero-order chi connectivity index (χ0) is 16.5. The molecule has 0 radical (unpaired) electrons. The van der Waals surface area contributed by atoms with Gasteiger partial charge in [0, 0.05) is 39.5 Å². The number of para-hydroxylation sites is 1. The van der Waals surface area contributed by atoms with Crippen LogP contribution in [0.2, 0.25) is 0 Å². The molecule has 0 unspecified atom stereocenters. The number of benzene rings is 1. The number of hydrogen-bond donors (Lipinski definition) is 1. The van der Waals surface area contributed by atoms with Crippen molar-refractivity contribution in [2.24, 2.45) is 4.99 Å². The van der Waals surface area contributed by atoms with Crippen molar-refractivity contribution in [1.82, 2.24) is 15.1 Å². The minimum Gasteiger partial charge on any atom is -0.490 e. The summed E-state index contributed by atoms with van der Waals surface area (Å²) in [6, 6.07) is 10.1. The predicted molar refractivity (Wildman–Crippen MR) is 112 cm³/mol. The van der Waals surface area contributed by atoms with Crippen LogP contribution in [-0.4, -0.2) is 69.2 Å². The van der Waals surface area contributed by atoms with Gasteiger partial charge in [0.05, 0.1) is 0 Å². The van der Waals surface area contributed by atoms with Gasteiger partial charge in [-0.05, 0) is 39.2 Å². The van der Waals surface area contributed by atoms with Crippen LogP contribution in [0.1, 0.15) is 19.3 Å². The Labute approximate surface area is 163 Å². The van der Waals surface area contributed by atoms with E-state index in [1.807, 2.05) is 37.4 Å². The van der Waals surface area contributed by atoms with E-state index in [9.17, 15) is 0 Å². The van der Waals surface area contributed by atoms with Gasteiger partial charge in [-0.1, -0.05) is 18.2 Å². The Bertz CT molecular complexity index is 473. The molecule has 0 saturated carbocycles. The molecule has 0 atom stereocenters. The van der Waals surface area contributed by atoms with E-state index in [1.165, 1.54) is 0 Å². The van der Waals surface area contributed by atoms with Gasteiger partial charge in [0.2, 0.25) is 0 Å². The number of ether oxygens (including phenoxy) is 1. The maximum absolute atomic E-state index is 6.05. The zero-order valence-corrected chi connectivity index (χ0v) is 17.4. The molecule has 1 N–H and O–H groups in total. The third kappa shape index (κ3) is 7.25. The topological polar surface area (TPSA) is 40.1 Å². The molecule has 1 aliphatic rings. The summed E-state index contributed by atoms with van der Waals surface area (Å²) < 4.78 is 6.05. The van der Waals surface area contributed by atoms with Gasteiger partial charge in [0.15, 0.2) is 5.96 Å². The lowest BCUT2D eigenvalue weighted by Gasteiger charge is -2.34. The summed E-state index contributed by atoms with van der Waals surface area (Å²) in [5.74, 6) is 1.99. The molecule has 0 aliphatic carbocycles. The first-order valence-electron chi connectivity index (χ1n) is 8.51. The van der Waals surface area contributed by atoms with E-state index in [1.54, 1.807) is 0 Å². The summed E-state index contributed by atoms with van der Waals surface area (Å²) in [5.41, 5.74) is 0. The summed E-state index contributed by atoms with van der Waals surface area (Å²) in [6.07, 6.45) is 3.50. The molecule has 6 heteroatoms. The van der Waals surface area contributed by atoms with Crippen LogP contribution < -0.4 is 10.1 Å². The van der Waals surface area contributed by atoms with Crippen LogP contribution in [0, 0.1) is 0 Å². The second-order valence-electron chi connectivity index (χ2n) is 6.25. The number of likely N-dealkylation sites (tertiary alicyclic amines) is 1. The largest absolute Gasteiger partial charge is 0.490 e. The van der Waals surface area contributed by atoms with Crippen LogP contribution in [0.5, 0.6) is 5.75 Å².